The van der Waals surface area contributed by atoms with Crippen LogP contribution in [0, 0.1) is 0 Å². The molecule has 4 rings (SSSR count). The summed E-state index contributed by atoms with van der Waals surface area (Å²) in [7, 11) is 0. The number of ether oxygens (including phenoxy) is 1. The topological polar surface area (TPSA) is 42.8 Å². The third-order valence-corrected chi connectivity index (χ3v) is 6.51. The van der Waals surface area contributed by atoms with E-state index < -0.39 is 0 Å². The Kier molecular flexibility index (Phi) is 6.72. The highest BCUT2D eigenvalue weighted by molar-refractivity contribution is 7.10. The molecule has 1 aromatic heterocycles. The molecule has 1 saturated heterocycles. The number of carbonyl (C=O) groups is 1. The average Bonchev–Trinajstić information content (AvgIpc) is 3.31. The Morgan fingerprint density at radius 2 is 1.55 bits per heavy atom. The molecule has 0 saturated carbocycles. The van der Waals surface area contributed by atoms with Crippen LogP contribution in [0.1, 0.15) is 28.0 Å². The molecule has 1 atom stereocenters. The van der Waals surface area contributed by atoms with Gasteiger partial charge in [0.15, 0.2) is 0 Å². The second-order valence-corrected chi connectivity index (χ2v) is 8.32. The minimum atomic E-state index is -0.305. The van der Waals surface area contributed by atoms with Crippen molar-refractivity contribution in [3.8, 4) is 0 Å². The summed E-state index contributed by atoms with van der Waals surface area (Å²) in [6, 6.07) is 24.6. The molecule has 4 nitrogen and oxygen atoms in total. The van der Waals surface area contributed by atoms with Gasteiger partial charge in [-0.3, -0.25) is 4.79 Å². The maximum atomic E-state index is 13.4. The zero-order valence-electron chi connectivity index (χ0n) is 16.4. The van der Waals surface area contributed by atoms with Gasteiger partial charge >= 0.3 is 0 Å². The molecular weight excluding hydrogens is 380 g/mol. The van der Waals surface area contributed by atoms with Gasteiger partial charge in [0.25, 0.3) is 0 Å². The van der Waals surface area contributed by atoms with Crippen LogP contribution in [0.5, 0.6) is 0 Å². The van der Waals surface area contributed by atoms with E-state index in [1.807, 2.05) is 60.7 Å². The Morgan fingerprint density at radius 3 is 2.10 bits per heavy atom. The van der Waals surface area contributed by atoms with Crippen molar-refractivity contribution in [2.75, 3.05) is 32.8 Å². The van der Waals surface area contributed by atoms with Gasteiger partial charge in [0.1, 0.15) is 19.1 Å². The number of nitrogens with one attached hydrogen (secondary N) is 2. The molecule has 1 fully saturated rings. The van der Waals surface area contributed by atoms with E-state index >= 15 is 0 Å². The summed E-state index contributed by atoms with van der Waals surface area (Å²) < 4.78 is 5.54. The molecular formula is C24H27N2O2S+. The number of amides is 1. The number of thiophene rings is 1. The summed E-state index contributed by atoms with van der Waals surface area (Å²) >= 11 is 1.76. The van der Waals surface area contributed by atoms with E-state index in [0.717, 1.165) is 37.4 Å². The van der Waals surface area contributed by atoms with Gasteiger partial charge in [-0.05, 0) is 22.6 Å². The van der Waals surface area contributed by atoms with Crippen molar-refractivity contribution in [2.24, 2.45) is 0 Å². The van der Waals surface area contributed by atoms with E-state index in [4.69, 9.17) is 4.74 Å². The smallest absolute Gasteiger partial charge is 0.232 e. The summed E-state index contributed by atoms with van der Waals surface area (Å²) in [5.41, 5.74) is 2.03. The number of rotatable bonds is 7. The van der Waals surface area contributed by atoms with Crippen LogP contribution in [0.2, 0.25) is 0 Å². The molecule has 1 amide bonds. The van der Waals surface area contributed by atoms with E-state index in [1.165, 1.54) is 9.78 Å². The quantitative estimate of drug-likeness (QED) is 0.632. The zero-order valence-corrected chi connectivity index (χ0v) is 17.2. The third kappa shape index (κ3) is 4.93. The fraction of sp³-hybridized carbons (Fsp3) is 0.292. The molecule has 0 spiro atoms. The SMILES string of the molecule is O=C(NC[C@@H](c1cccs1)[NH+]1CCOCC1)C(c1ccccc1)c1ccccc1. The number of benzene rings is 2. The normalized spacial score (nSPS) is 15.9. The van der Waals surface area contributed by atoms with Crippen LogP contribution in [-0.4, -0.2) is 38.8 Å². The minimum absolute atomic E-state index is 0.0524. The van der Waals surface area contributed by atoms with Gasteiger partial charge in [-0.15, -0.1) is 11.3 Å². The summed E-state index contributed by atoms with van der Waals surface area (Å²) in [4.78, 5) is 16.2. The zero-order chi connectivity index (χ0) is 19.9. The van der Waals surface area contributed by atoms with Crippen LogP contribution >= 0.6 is 11.3 Å². The Bertz CT molecular complexity index is 838. The molecule has 0 aliphatic carbocycles. The van der Waals surface area contributed by atoms with Crippen molar-refractivity contribution >= 4 is 17.2 Å². The molecule has 1 aliphatic rings. The van der Waals surface area contributed by atoms with Crippen LogP contribution in [-0.2, 0) is 9.53 Å². The Balaban J connectivity index is 1.53. The van der Waals surface area contributed by atoms with E-state index in [-0.39, 0.29) is 17.9 Å². The maximum absolute atomic E-state index is 13.4. The Morgan fingerprint density at radius 1 is 0.931 bits per heavy atom. The first kappa shape index (κ1) is 19.8. The number of hydrogen-bond donors (Lipinski definition) is 2. The molecule has 2 heterocycles. The lowest BCUT2D eigenvalue weighted by Crippen LogP contribution is -3.15. The highest BCUT2D eigenvalue weighted by Crippen LogP contribution is 2.25. The highest BCUT2D eigenvalue weighted by Gasteiger charge is 2.29. The molecule has 29 heavy (non-hydrogen) atoms. The van der Waals surface area contributed by atoms with Crippen molar-refractivity contribution in [2.45, 2.75) is 12.0 Å². The Hall–Kier alpha value is -2.47. The van der Waals surface area contributed by atoms with Crippen LogP contribution in [0.25, 0.3) is 0 Å². The van der Waals surface area contributed by atoms with E-state index in [1.54, 1.807) is 11.3 Å². The molecule has 0 radical (unpaired) electrons. The molecule has 1 aliphatic heterocycles. The molecule has 0 bridgehead atoms. The Labute approximate surface area is 176 Å². The van der Waals surface area contributed by atoms with Crippen molar-refractivity contribution in [1.29, 1.82) is 0 Å². The van der Waals surface area contributed by atoms with E-state index in [0.29, 0.717) is 6.54 Å². The lowest BCUT2D eigenvalue weighted by atomic mass is 9.90. The minimum Gasteiger partial charge on any atom is -0.370 e. The van der Waals surface area contributed by atoms with Gasteiger partial charge in [0.2, 0.25) is 5.91 Å². The van der Waals surface area contributed by atoms with Gasteiger partial charge in [-0.2, -0.15) is 0 Å². The average molecular weight is 408 g/mol. The van der Waals surface area contributed by atoms with Gasteiger partial charge < -0.3 is 15.0 Å². The van der Waals surface area contributed by atoms with Crippen LogP contribution in [0.4, 0.5) is 0 Å². The first-order valence-electron chi connectivity index (χ1n) is 10.2. The summed E-state index contributed by atoms with van der Waals surface area (Å²) in [6.07, 6.45) is 0. The largest absolute Gasteiger partial charge is 0.370 e. The van der Waals surface area contributed by atoms with Gasteiger partial charge in [-0.25, -0.2) is 0 Å². The lowest BCUT2D eigenvalue weighted by molar-refractivity contribution is -0.937. The van der Waals surface area contributed by atoms with Crippen LogP contribution in [0.3, 0.4) is 0 Å². The molecule has 2 N–H and O–H groups in total. The maximum Gasteiger partial charge on any atom is 0.232 e. The van der Waals surface area contributed by atoms with Crippen molar-refractivity contribution in [3.05, 3.63) is 94.2 Å². The fourth-order valence-electron chi connectivity index (χ4n) is 4.01. The molecule has 150 valence electrons. The molecule has 2 aromatic carbocycles. The summed E-state index contributed by atoms with van der Waals surface area (Å²) in [5.74, 6) is -0.252. The first-order chi connectivity index (χ1) is 14.3. The second-order valence-electron chi connectivity index (χ2n) is 7.34. The van der Waals surface area contributed by atoms with Crippen molar-refractivity contribution in [3.63, 3.8) is 0 Å². The van der Waals surface area contributed by atoms with E-state index in [2.05, 4.69) is 22.8 Å². The van der Waals surface area contributed by atoms with Crippen molar-refractivity contribution in [1.82, 2.24) is 5.32 Å². The molecule has 3 aromatic rings. The van der Waals surface area contributed by atoms with Gasteiger partial charge in [0, 0.05) is 0 Å². The van der Waals surface area contributed by atoms with Gasteiger partial charge in [0.05, 0.1) is 30.6 Å². The number of carbonyl (C=O) groups excluding carboxylic acids is 1. The number of quaternary nitrogens is 1. The van der Waals surface area contributed by atoms with Crippen LogP contribution in [0.15, 0.2) is 78.2 Å². The predicted molar refractivity (Wildman–Crippen MR) is 116 cm³/mol. The predicted octanol–water partition coefficient (Wildman–Crippen LogP) is 2.65. The second kappa shape index (κ2) is 9.83. The van der Waals surface area contributed by atoms with E-state index in [9.17, 15) is 4.79 Å². The number of hydrogen-bond acceptors (Lipinski definition) is 3. The molecule has 0 unspecified atom stereocenters. The first-order valence-corrected chi connectivity index (χ1v) is 11.0. The number of morpholine rings is 1. The van der Waals surface area contributed by atoms with Crippen LogP contribution < -0.4 is 10.2 Å². The highest BCUT2D eigenvalue weighted by atomic mass is 32.1. The monoisotopic (exact) mass is 407 g/mol. The lowest BCUT2D eigenvalue weighted by Gasteiger charge is -2.31. The van der Waals surface area contributed by atoms with Crippen molar-refractivity contribution < 1.29 is 14.4 Å². The third-order valence-electron chi connectivity index (χ3n) is 5.52. The fourth-order valence-corrected chi connectivity index (χ4v) is 4.89. The summed E-state index contributed by atoms with van der Waals surface area (Å²) in [6.45, 7) is 4.13. The van der Waals surface area contributed by atoms with Gasteiger partial charge in [-0.1, -0.05) is 66.7 Å². The standard InChI is InChI=1S/C24H26N2O2S/c27-24(23(19-8-3-1-4-9-19)20-10-5-2-6-11-20)25-18-21(22-12-7-17-29-22)26-13-15-28-16-14-26/h1-12,17,21,23H,13-16,18H2,(H,25,27)/p+1/t21-/m0/s1. The summed E-state index contributed by atoms with van der Waals surface area (Å²) in [5, 5.41) is 5.38. The molecule has 5 heteroatoms.